The van der Waals surface area contributed by atoms with Crippen molar-refractivity contribution >= 4 is 53.7 Å². The number of hydrogen-bond acceptors (Lipinski definition) is 5. The van der Waals surface area contributed by atoms with Crippen LogP contribution in [-0.2, 0) is 16.1 Å². The number of rotatable bonds is 6. The topological polar surface area (TPSA) is 76.5 Å². The number of pyridine rings is 1. The predicted molar refractivity (Wildman–Crippen MR) is 149 cm³/mol. The van der Waals surface area contributed by atoms with Crippen molar-refractivity contribution in [1.82, 2.24) is 4.98 Å². The maximum atomic E-state index is 13.1. The zero-order chi connectivity index (χ0) is 28.1. The fourth-order valence-electron chi connectivity index (χ4n) is 4.37. The van der Waals surface area contributed by atoms with Crippen LogP contribution in [-0.4, -0.2) is 31.6 Å². The van der Waals surface area contributed by atoms with Gasteiger partial charge >= 0.3 is 11.5 Å². The lowest BCUT2D eigenvalue weighted by Crippen LogP contribution is -2.22. The third-order valence-electron chi connectivity index (χ3n) is 6.50. The number of carboxylic acid groups (broad SMARTS) is 1. The minimum atomic E-state index is -4.96. The van der Waals surface area contributed by atoms with Gasteiger partial charge in [-0.1, -0.05) is 36.4 Å². The molecule has 0 saturated carbocycles. The van der Waals surface area contributed by atoms with E-state index in [-0.39, 0.29) is 17.9 Å². The van der Waals surface area contributed by atoms with E-state index in [9.17, 15) is 27.3 Å². The number of benzene rings is 3. The number of thiophene rings is 1. The molecule has 0 aliphatic heterocycles. The number of aromatic carboxylic acids is 1. The number of carboxylic acids is 1. The average Bonchev–Trinajstić information content (AvgIpc) is 3.24. The zero-order valence-electron chi connectivity index (χ0n) is 20.8. The maximum Gasteiger partial charge on any atom is 0.467 e. The van der Waals surface area contributed by atoms with Crippen molar-refractivity contribution in [1.29, 1.82) is 0 Å². The van der Waals surface area contributed by atoms with Gasteiger partial charge in [-0.25, -0.2) is 9.78 Å². The van der Waals surface area contributed by atoms with E-state index in [0.717, 1.165) is 38.2 Å². The van der Waals surface area contributed by atoms with E-state index in [0.29, 0.717) is 22.2 Å². The molecule has 2 aromatic heterocycles. The van der Waals surface area contributed by atoms with Crippen molar-refractivity contribution < 1.29 is 32.0 Å². The van der Waals surface area contributed by atoms with E-state index in [1.165, 1.54) is 12.1 Å². The standard InChI is InChI=1S/C29H22F3NO4S2/c1-16-8-13-23(37-15-18-9-11-19(12-10-18)39(3,36)29(30,31)32)25-21(28(34)35)14-22(33-26(16)25)27-17(2)20-6-4-5-7-24(20)38-27/h4-14H,3,15H2,1-2H3,(H,34,35). The summed E-state index contributed by atoms with van der Waals surface area (Å²) < 4.78 is 58.3. The number of hydrogen-bond donors (Lipinski definition) is 1. The summed E-state index contributed by atoms with van der Waals surface area (Å²) in [5.41, 5.74) is -1.60. The van der Waals surface area contributed by atoms with Gasteiger partial charge in [0.2, 0.25) is 0 Å². The van der Waals surface area contributed by atoms with E-state index in [2.05, 4.69) is 5.87 Å². The Morgan fingerprint density at radius 3 is 2.41 bits per heavy atom. The summed E-state index contributed by atoms with van der Waals surface area (Å²) in [5, 5.41) is 11.5. The second kappa shape index (κ2) is 9.69. The quantitative estimate of drug-likeness (QED) is 0.213. The van der Waals surface area contributed by atoms with Crippen LogP contribution >= 0.6 is 11.3 Å². The number of fused-ring (bicyclic) bond motifs is 2. The lowest BCUT2D eigenvalue weighted by molar-refractivity contribution is -0.0392. The summed E-state index contributed by atoms with van der Waals surface area (Å²) in [6.07, 6.45) is 0. The Morgan fingerprint density at radius 1 is 1.08 bits per heavy atom. The SMILES string of the molecule is C=S(=O)(c1ccc(COc2ccc(C)c3nc(-c4sc5ccccc5c4C)cc(C(=O)O)c23)cc1)C(F)(F)F. The first kappa shape index (κ1) is 26.7. The zero-order valence-corrected chi connectivity index (χ0v) is 22.5. The second-order valence-corrected chi connectivity index (χ2v) is 12.4. The van der Waals surface area contributed by atoms with Crippen LogP contribution in [0.5, 0.6) is 5.75 Å². The third-order valence-corrected chi connectivity index (χ3v) is 9.58. The van der Waals surface area contributed by atoms with Crippen molar-refractivity contribution in [2.24, 2.45) is 0 Å². The van der Waals surface area contributed by atoms with Crippen LogP contribution in [0.2, 0.25) is 0 Å². The Bertz CT molecular complexity index is 1860. The molecule has 1 unspecified atom stereocenters. The van der Waals surface area contributed by atoms with Crippen LogP contribution in [0.25, 0.3) is 31.6 Å². The number of carbonyl (C=O) groups is 1. The average molecular weight is 570 g/mol. The van der Waals surface area contributed by atoms with E-state index in [4.69, 9.17) is 9.72 Å². The largest absolute Gasteiger partial charge is 0.488 e. The Kier molecular flexibility index (Phi) is 6.64. The van der Waals surface area contributed by atoms with Crippen molar-refractivity contribution in [3.8, 4) is 16.3 Å². The summed E-state index contributed by atoms with van der Waals surface area (Å²) >= 11 is 1.55. The second-order valence-electron chi connectivity index (χ2n) is 9.07. The molecule has 2 heterocycles. The van der Waals surface area contributed by atoms with Gasteiger partial charge in [-0.3, -0.25) is 4.21 Å². The molecule has 0 radical (unpaired) electrons. The molecule has 1 N–H and O–H groups in total. The monoisotopic (exact) mass is 569 g/mol. The summed E-state index contributed by atoms with van der Waals surface area (Å²) in [6, 6.07) is 17.9. The predicted octanol–water partition coefficient (Wildman–Crippen LogP) is 7.61. The van der Waals surface area contributed by atoms with Crippen LogP contribution < -0.4 is 4.74 Å². The molecule has 0 spiro atoms. The van der Waals surface area contributed by atoms with E-state index < -0.39 is 25.9 Å². The number of aromatic nitrogens is 1. The van der Waals surface area contributed by atoms with Crippen LogP contribution in [0.3, 0.4) is 0 Å². The van der Waals surface area contributed by atoms with E-state index >= 15 is 0 Å². The molecule has 1 atom stereocenters. The van der Waals surface area contributed by atoms with Gasteiger partial charge in [0.15, 0.2) is 0 Å². The number of aryl methyl sites for hydroxylation is 2. The van der Waals surface area contributed by atoms with Crippen LogP contribution in [0.1, 0.15) is 27.0 Å². The van der Waals surface area contributed by atoms with Gasteiger partial charge in [0.05, 0.1) is 36.6 Å². The molecule has 0 amide bonds. The molecule has 3 aromatic carbocycles. The lowest BCUT2D eigenvalue weighted by atomic mass is 10.0. The molecule has 0 bridgehead atoms. The Morgan fingerprint density at radius 2 is 1.77 bits per heavy atom. The summed E-state index contributed by atoms with van der Waals surface area (Å²) in [7, 11) is -4.46. The molecular formula is C29H22F3NO4S2. The molecule has 0 aliphatic rings. The first-order valence-electron chi connectivity index (χ1n) is 11.7. The molecule has 5 rings (SSSR count). The fourth-order valence-corrected chi connectivity index (χ4v) is 6.38. The first-order chi connectivity index (χ1) is 18.4. The first-order valence-corrected chi connectivity index (χ1v) is 14.2. The minimum Gasteiger partial charge on any atom is -0.488 e. The number of halogens is 3. The highest BCUT2D eigenvalue weighted by atomic mass is 32.2. The lowest BCUT2D eigenvalue weighted by Gasteiger charge is -2.15. The van der Waals surface area contributed by atoms with E-state index in [1.807, 2.05) is 38.1 Å². The van der Waals surface area contributed by atoms with Crippen molar-refractivity contribution in [2.75, 3.05) is 0 Å². The van der Waals surface area contributed by atoms with Crippen molar-refractivity contribution in [3.63, 3.8) is 0 Å². The molecule has 0 aliphatic carbocycles. The Labute approximate surface area is 226 Å². The number of alkyl halides is 3. The summed E-state index contributed by atoms with van der Waals surface area (Å²) in [6.45, 7) is 3.76. The van der Waals surface area contributed by atoms with Gasteiger partial charge in [0, 0.05) is 9.60 Å². The smallest absolute Gasteiger partial charge is 0.467 e. The highest BCUT2D eigenvalue weighted by Gasteiger charge is 2.40. The van der Waals surface area contributed by atoms with Gasteiger partial charge in [-0.05, 0) is 72.1 Å². The van der Waals surface area contributed by atoms with Crippen LogP contribution in [0.4, 0.5) is 13.2 Å². The third kappa shape index (κ3) is 4.74. The van der Waals surface area contributed by atoms with Gasteiger partial charge < -0.3 is 9.84 Å². The number of nitrogens with zero attached hydrogens (tertiary/aromatic N) is 1. The molecule has 200 valence electrons. The summed E-state index contributed by atoms with van der Waals surface area (Å²) in [4.78, 5) is 17.7. The van der Waals surface area contributed by atoms with Gasteiger partial charge in [-0.2, -0.15) is 13.2 Å². The molecule has 5 aromatic rings. The van der Waals surface area contributed by atoms with Crippen molar-refractivity contribution in [3.05, 3.63) is 89.0 Å². The number of ether oxygens (including phenoxy) is 1. The molecule has 5 nitrogen and oxygen atoms in total. The molecule has 0 saturated heterocycles. The van der Waals surface area contributed by atoms with Gasteiger partial charge in [-0.15, -0.1) is 11.3 Å². The van der Waals surface area contributed by atoms with Gasteiger partial charge in [0.25, 0.3) is 0 Å². The van der Waals surface area contributed by atoms with Crippen LogP contribution in [0.15, 0.2) is 71.6 Å². The molecular weight excluding hydrogens is 547 g/mol. The van der Waals surface area contributed by atoms with Gasteiger partial charge in [0.1, 0.15) is 12.4 Å². The Balaban J connectivity index is 1.54. The normalized spacial score (nSPS) is 13.5. The van der Waals surface area contributed by atoms with Crippen LogP contribution in [0, 0.1) is 13.8 Å². The maximum absolute atomic E-state index is 13.1. The van der Waals surface area contributed by atoms with E-state index in [1.54, 1.807) is 29.5 Å². The van der Waals surface area contributed by atoms with Crippen molar-refractivity contribution in [2.45, 2.75) is 30.9 Å². The Hall–Kier alpha value is -3.89. The highest BCUT2D eigenvalue weighted by Crippen LogP contribution is 2.40. The molecule has 39 heavy (non-hydrogen) atoms. The highest BCUT2D eigenvalue weighted by molar-refractivity contribution is 8.01. The summed E-state index contributed by atoms with van der Waals surface area (Å²) in [5.74, 6) is 2.00. The minimum absolute atomic E-state index is 0.0304. The fraction of sp³-hybridized carbons (Fsp3) is 0.138. The molecule has 0 fully saturated rings. The molecule has 10 heteroatoms.